The first kappa shape index (κ1) is 49.2. The third kappa shape index (κ3) is 34.3. The largest absolute Gasteiger partial charge is 0.480 e. The van der Waals surface area contributed by atoms with Gasteiger partial charge >= 0.3 is 19.8 Å². The number of phosphoric acid groups is 1. The molecule has 3 unspecified atom stereocenters. The summed E-state index contributed by atoms with van der Waals surface area (Å²) in [6, 6.07) is -1.56. The van der Waals surface area contributed by atoms with Crippen LogP contribution < -0.4 is 5.32 Å². The van der Waals surface area contributed by atoms with E-state index in [2.05, 4.69) is 67.8 Å². The van der Waals surface area contributed by atoms with Gasteiger partial charge in [-0.2, -0.15) is 0 Å². The minimum atomic E-state index is -4.77. The van der Waals surface area contributed by atoms with E-state index in [9.17, 15) is 34.1 Å². The summed E-state index contributed by atoms with van der Waals surface area (Å²) in [6.45, 7) is 2.42. The number of hydrogen-bond donors (Lipinski definition) is 4. The van der Waals surface area contributed by atoms with Crippen molar-refractivity contribution < 1.29 is 47.8 Å². The van der Waals surface area contributed by atoms with Crippen LogP contribution in [0.4, 0.5) is 0 Å². The van der Waals surface area contributed by atoms with Crippen LogP contribution in [0, 0.1) is 0 Å². The molecule has 3 atom stereocenters. The molecule has 0 aliphatic carbocycles. The maximum atomic E-state index is 12.2. The van der Waals surface area contributed by atoms with Crippen LogP contribution in [0.1, 0.15) is 142 Å². The van der Waals surface area contributed by atoms with Gasteiger partial charge in [0.25, 0.3) is 0 Å². The summed E-state index contributed by atoms with van der Waals surface area (Å²) in [6.07, 6.45) is 38.3. The zero-order chi connectivity index (χ0) is 38.5. The maximum absolute atomic E-state index is 12.2. The Bertz CT molecular complexity index is 1120. The highest BCUT2D eigenvalue weighted by Crippen LogP contribution is 2.43. The molecule has 52 heavy (non-hydrogen) atoms. The van der Waals surface area contributed by atoms with E-state index in [-0.39, 0.29) is 12.8 Å². The van der Waals surface area contributed by atoms with Crippen molar-refractivity contribution in [3.63, 3.8) is 0 Å². The Labute approximate surface area is 313 Å². The second kappa shape index (κ2) is 35.2. The number of nitrogens with one attached hydrogen (secondary N) is 1. The van der Waals surface area contributed by atoms with Crippen LogP contribution in [0.25, 0.3) is 0 Å². The lowest BCUT2D eigenvalue weighted by Crippen LogP contribution is -2.43. The summed E-state index contributed by atoms with van der Waals surface area (Å²) in [5.74, 6) is -2.46. The summed E-state index contributed by atoms with van der Waals surface area (Å²) < 4.78 is 26.7. The summed E-state index contributed by atoms with van der Waals surface area (Å²) in [7, 11) is -4.77. The smallest absolute Gasteiger partial charge is 0.472 e. The van der Waals surface area contributed by atoms with Crippen LogP contribution in [0.15, 0.2) is 60.8 Å². The number of carboxylic acids is 1. The molecule has 0 bridgehead atoms. The van der Waals surface area contributed by atoms with Crippen LogP contribution in [-0.2, 0) is 32.7 Å². The number of aliphatic carboxylic acids is 1. The van der Waals surface area contributed by atoms with Gasteiger partial charge in [0.05, 0.1) is 13.2 Å². The van der Waals surface area contributed by atoms with Crippen molar-refractivity contribution in [2.75, 3.05) is 19.8 Å². The number of rotatable bonds is 35. The van der Waals surface area contributed by atoms with Crippen LogP contribution in [0.3, 0.4) is 0 Å². The molecular weight excluding hydrogens is 685 g/mol. The predicted molar refractivity (Wildman–Crippen MR) is 208 cm³/mol. The quantitative estimate of drug-likeness (QED) is 0.0212. The lowest BCUT2D eigenvalue weighted by molar-refractivity contribution is -0.147. The number of carbonyl (C=O) groups excluding carboxylic acids is 2. The van der Waals surface area contributed by atoms with Gasteiger partial charge in [0, 0.05) is 12.8 Å². The maximum Gasteiger partial charge on any atom is 0.472 e. The molecule has 0 saturated heterocycles. The summed E-state index contributed by atoms with van der Waals surface area (Å²) >= 11 is 0. The van der Waals surface area contributed by atoms with Gasteiger partial charge in [-0.3, -0.25) is 18.6 Å². The Morgan fingerprint density at radius 3 is 1.69 bits per heavy atom. The molecule has 0 saturated carbocycles. The number of allylic oxidation sites excluding steroid dienone is 10. The molecule has 12 heteroatoms. The van der Waals surface area contributed by atoms with Gasteiger partial charge in [0.1, 0.15) is 12.7 Å². The molecule has 0 fully saturated rings. The fourth-order valence-electron chi connectivity index (χ4n) is 4.70. The minimum absolute atomic E-state index is 0.128. The van der Waals surface area contributed by atoms with Crippen molar-refractivity contribution in [2.24, 2.45) is 0 Å². The Morgan fingerprint density at radius 2 is 1.10 bits per heavy atom. The summed E-state index contributed by atoms with van der Waals surface area (Å²) in [5.41, 5.74) is 0. The molecule has 0 heterocycles. The molecule has 0 aliphatic rings. The van der Waals surface area contributed by atoms with Crippen molar-refractivity contribution in [3.05, 3.63) is 60.8 Å². The summed E-state index contributed by atoms with van der Waals surface area (Å²) in [4.78, 5) is 45.6. The van der Waals surface area contributed by atoms with E-state index >= 15 is 0 Å². The Kier molecular flexibility index (Phi) is 33.3. The summed E-state index contributed by atoms with van der Waals surface area (Å²) in [5, 5.41) is 21.7. The monoisotopic (exact) mass is 753 g/mol. The van der Waals surface area contributed by atoms with Crippen LogP contribution in [0.5, 0.6) is 0 Å². The van der Waals surface area contributed by atoms with Gasteiger partial charge < -0.3 is 25.2 Å². The number of ether oxygens (including phenoxy) is 1. The predicted octanol–water partition coefficient (Wildman–Crippen LogP) is 9.22. The number of unbranched alkanes of at least 4 members (excludes halogenated alkanes) is 11. The number of hydrogen-bond acceptors (Lipinski definition) is 8. The van der Waals surface area contributed by atoms with Crippen molar-refractivity contribution >= 4 is 25.7 Å². The van der Waals surface area contributed by atoms with E-state index in [1.165, 1.54) is 32.1 Å². The van der Waals surface area contributed by atoms with Crippen molar-refractivity contribution in [1.29, 1.82) is 0 Å². The highest BCUT2D eigenvalue weighted by Gasteiger charge is 2.28. The molecule has 0 spiro atoms. The molecule has 4 N–H and O–H groups in total. The molecule has 298 valence electrons. The van der Waals surface area contributed by atoms with E-state index in [4.69, 9.17) is 13.8 Å². The highest BCUT2D eigenvalue weighted by atomic mass is 31.2. The van der Waals surface area contributed by atoms with Crippen molar-refractivity contribution in [1.82, 2.24) is 5.32 Å². The molecule has 0 aromatic carbocycles. The fraction of sp³-hybridized carbons (Fsp3) is 0.675. The van der Waals surface area contributed by atoms with E-state index in [0.717, 1.165) is 64.2 Å². The molecule has 0 aromatic rings. The van der Waals surface area contributed by atoms with E-state index in [1.807, 2.05) is 12.2 Å². The van der Waals surface area contributed by atoms with Crippen LogP contribution in [0.2, 0.25) is 0 Å². The number of amides is 1. The lowest BCUT2D eigenvalue weighted by atomic mass is 10.1. The molecule has 0 aromatic heterocycles. The lowest BCUT2D eigenvalue weighted by Gasteiger charge is -2.18. The SMILES string of the molecule is CCCC/C=C\CCCCCCCC(=O)NC(COP(=O)(O)OCC(O)COC(=O)CCC/C=C\C/C=C\C/C=C\C/C=C\CCCCC)C(=O)O. The van der Waals surface area contributed by atoms with Crippen LogP contribution >= 0.6 is 7.82 Å². The number of carboxylic acid groups (broad SMARTS) is 1. The first-order valence-corrected chi connectivity index (χ1v) is 20.8. The Balaban J connectivity index is 4.05. The van der Waals surface area contributed by atoms with Crippen molar-refractivity contribution in [3.8, 4) is 0 Å². The van der Waals surface area contributed by atoms with Gasteiger partial charge in [-0.1, -0.05) is 120 Å². The third-order valence-corrected chi connectivity index (χ3v) is 8.73. The molecule has 11 nitrogen and oxygen atoms in total. The molecule has 0 radical (unpaired) electrons. The first-order valence-electron chi connectivity index (χ1n) is 19.3. The minimum Gasteiger partial charge on any atom is -0.480 e. The zero-order valence-corrected chi connectivity index (χ0v) is 32.7. The molecular formula is C40H68NO10P. The van der Waals surface area contributed by atoms with Crippen LogP contribution in [-0.4, -0.2) is 64.9 Å². The molecule has 0 rings (SSSR count). The van der Waals surface area contributed by atoms with Gasteiger partial charge in [0.2, 0.25) is 5.91 Å². The van der Waals surface area contributed by atoms with Gasteiger partial charge in [-0.05, 0) is 70.6 Å². The standard InChI is InChI=1S/C40H68NO10P/c1-3-5-7-9-11-13-15-16-17-18-19-20-22-24-26-28-30-32-39(44)49-33-36(42)34-50-52(47,48)51-35-37(40(45)46)41-38(43)31-29-27-25-23-21-14-12-10-8-6-4-2/h10-13,16-17,19-20,24,26,36-37,42H,3-9,14-15,18,21-23,25,27-35H2,1-2H3,(H,41,43)(H,45,46)(H,47,48)/b12-10-,13-11-,17-16-,20-19-,26-24-. The highest BCUT2D eigenvalue weighted by molar-refractivity contribution is 7.47. The van der Waals surface area contributed by atoms with Crippen molar-refractivity contribution in [2.45, 2.75) is 154 Å². The number of carbonyl (C=O) groups is 3. The molecule has 1 amide bonds. The van der Waals surface area contributed by atoms with Gasteiger partial charge in [-0.15, -0.1) is 0 Å². The average Bonchev–Trinajstić information content (AvgIpc) is 3.11. The number of phosphoric ester groups is 1. The topological polar surface area (TPSA) is 169 Å². The second-order valence-electron chi connectivity index (χ2n) is 12.8. The number of aliphatic hydroxyl groups is 1. The Hall–Kier alpha value is -2.82. The normalized spacial score (nSPS) is 14.5. The van der Waals surface area contributed by atoms with Gasteiger partial charge in [-0.25, -0.2) is 9.36 Å². The third-order valence-electron chi connectivity index (χ3n) is 7.78. The van der Waals surface area contributed by atoms with E-state index in [1.54, 1.807) is 0 Å². The first-order chi connectivity index (χ1) is 25.1. The number of aliphatic hydroxyl groups excluding tert-OH is 1. The fourth-order valence-corrected chi connectivity index (χ4v) is 5.47. The van der Waals surface area contributed by atoms with Gasteiger partial charge in [0.15, 0.2) is 6.04 Å². The van der Waals surface area contributed by atoms with E-state index < -0.39 is 57.6 Å². The number of esters is 1. The van der Waals surface area contributed by atoms with E-state index in [0.29, 0.717) is 19.3 Å². The average molecular weight is 754 g/mol. The Morgan fingerprint density at radius 1 is 0.615 bits per heavy atom. The zero-order valence-electron chi connectivity index (χ0n) is 31.8. The molecule has 0 aliphatic heterocycles. The second-order valence-corrected chi connectivity index (χ2v) is 14.2.